The van der Waals surface area contributed by atoms with E-state index in [9.17, 15) is 24.5 Å². The quantitative estimate of drug-likeness (QED) is 0.293. The predicted octanol–water partition coefficient (Wildman–Crippen LogP) is 4.20. The van der Waals surface area contributed by atoms with E-state index in [2.05, 4.69) is 10.6 Å². The summed E-state index contributed by atoms with van der Waals surface area (Å²) in [6, 6.07) is 8.48. The van der Waals surface area contributed by atoms with Gasteiger partial charge in [-0.25, -0.2) is 0 Å². The van der Waals surface area contributed by atoms with Crippen LogP contribution in [0.3, 0.4) is 0 Å². The zero-order valence-electron chi connectivity index (χ0n) is 16.9. The largest absolute Gasteiger partial charge is 0.497 e. The molecule has 0 aliphatic carbocycles. The Morgan fingerprint density at radius 2 is 1.75 bits per heavy atom. The van der Waals surface area contributed by atoms with Crippen molar-refractivity contribution in [3.8, 4) is 5.75 Å². The Morgan fingerprint density at radius 3 is 2.41 bits per heavy atom. The topological polar surface area (TPSA) is 137 Å². The van der Waals surface area contributed by atoms with Crippen molar-refractivity contribution in [1.82, 2.24) is 0 Å². The summed E-state index contributed by atoms with van der Waals surface area (Å²) >= 11 is 11.7. The van der Waals surface area contributed by atoms with Gasteiger partial charge in [0.15, 0.2) is 6.61 Å². The number of hydrogen-bond donors (Lipinski definition) is 2. The Bertz CT molecular complexity index is 1030. The van der Waals surface area contributed by atoms with Crippen LogP contribution < -0.4 is 15.4 Å². The highest BCUT2D eigenvalue weighted by atomic mass is 35.5. The minimum Gasteiger partial charge on any atom is -0.497 e. The first kappa shape index (κ1) is 24.9. The fourth-order valence-corrected chi connectivity index (χ4v) is 2.79. The molecule has 2 aromatic carbocycles. The highest BCUT2D eigenvalue weighted by molar-refractivity contribution is 6.42. The Labute approximate surface area is 192 Å². The first-order chi connectivity index (χ1) is 15.2. The van der Waals surface area contributed by atoms with E-state index in [0.29, 0.717) is 21.5 Å². The highest BCUT2D eigenvalue weighted by Gasteiger charge is 2.18. The molecule has 0 aromatic heterocycles. The van der Waals surface area contributed by atoms with E-state index in [0.717, 1.165) is 0 Å². The maximum absolute atomic E-state index is 12.0. The third kappa shape index (κ3) is 7.71. The summed E-state index contributed by atoms with van der Waals surface area (Å²) in [5, 5.41) is 16.7. The molecule has 170 valence electrons. The van der Waals surface area contributed by atoms with E-state index >= 15 is 0 Å². The molecule has 2 N–H and O–H groups in total. The second kappa shape index (κ2) is 11.9. The first-order valence-corrected chi connectivity index (χ1v) is 9.98. The number of amides is 2. The molecule has 0 spiro atoms. The van der Waals surface area contributed by atoms with E-state index in [1.807, 2.05) is 0 Å². The number of anilines is 2. The molecule has 0 radical (unpaired) electrons. The Balaban J connectivity index is 1.75. The molecule has 0 unspecified atom stereocenters. The van der Waals surface area contributed by atoms with Crippen LogP contribution in [0.1, 0.15) is 19.3 Å². The molecule has 0 fully saturated rings. The minimum atomic E-state index is -0.757. The van der Waals surface area contributed by atoms with Crippen LogP contribution in [0.5, 0.6) is 5.75 Å². The van der Waals surface area contributed by atoms with Crippen LogP contribution in [0, 0.1) is 10.1 Å². The van der Waals surface area contributed by atoms with Crippen LogP contribution in [0.2, 0.25) is 10.0 Å². The zero-order valence-corrected chi connectivity index (χ0v) is 18.4. The van der Waals surface area contributed by atoms with Gasteiger partial charge in [-0.05, 0) is 30.7 Å². The maximum Gasteiger partial charge on any atom is 0.306 e. The number of methoxy groups -OCH3 is 1. The zero-order chi connectivity index (χ0) is 23.7. The van der Waals surface area contributed by atoms with Crippen molar-refractivity contribution >= 4 is 58.0 Å². The Hall–Kier alpha value is -3.37. The number of carbonyl (C=O) groups excluding carboxylic acids is 3. The van der Waals surface area contributed by atoms with E-state index in [4.69, 9.17) is 32.7 Å². The van der Waals surface area contributed by atoms with Gasteiger partial charge >= 0.3 is 5.97 Å². The number of rotatable bonds is 10. The van der Waals surface area contributed by atoms with Gasteiger partial charge in [0.25, 0.3) is 11.6 Å². The summed E-state index contributed by atoms with van der Waals surface area (Å²) in [7, 11) is 1.37. The van der Waals surface area contributed by atoms with E-state index in [-0.39, 0.29) is 36.5 Å². The van der Waals surface area contributed by atoms with Crippen molar-refractivity contribution in [2.75, 3.05) is 24.4 Å². The summed E-state index contributed by atoms with van der Waals surface area (Å²) in [5.41, 5.74) is 0.0446. The second-order valence-electron chi connectivity index (χ2n) is 6.38. The molecule has 0 saturated heterocycles. The summed E-state index contributed by atoms with van der Waals surface area (Å²) < 4.78 is 9.82. The number of halogens is 2. The van der Waals surface area contributed by atoms with Gasteiger partial charge in [0.1, 0.15) is 11.4 Å². The van der Waals surface area contributed by atoms with E-state index < -0.39 is 23.4 Å². The van der Waals surface area contributed by atoms with Gasteiger partial charge in [-0.15, -0.1) is 0 Å². The molecular formula is C20H19Cl2N3O7. The highest BCUT2D eigenvalue weighted by Crippen LogP contribution is 2.29. The lowest BCUT2D eigenvalue weighted by Crippen LogP contribution is -2.21. The van der Waals surface area contributed by atoms with Crippen molar-refractivity contribution in [3.63, 3.8) is 0 Å². The van der Waals surface area contributed by atoms with Crippen LogP contribution in [0.4, 0.5) is 17.1 Å². The molecule has 12 heteroatoms. The lowest BCUT2D eigenvalue weighted by molar-refractivity contribution is -0.383. The van der Waals surface area contributed by atoms with E-state index in [1.165, 1.54) is 31.4 Å². The number of esters is 1. The summed E-state index contributed by atoms with van der Waals surface area (Å²) in [4.78, 5) is 46.1. The molecule has 10 nitrogen and oxygen atoms in total. The Kier molecular flexibility index (Phi) is 9.23. The number of nitrogens with one attached hydrogen (secondary N) is 2. The maximum atomic E-state index is 12.0. The number of hydrogen-bond acceptors (Lipinski definition) is 7. The average Bonchev–Trinajstić information content (AvgIpc) is 2.74. The molecule has 0 heterocycles. The molecular weight excluding hydrogens is 465 g/mol. The fourth-order valence-electron chi connectivity index (χ4n) is 2.50. The minimum absolute atomic E-state index is 0.0392. The van der Waals surface area contributed by atoms with Crippen molar-refractivity contribution in [3.05, 3.63) is 56.6 Å². The number of ether oxygens (including phenoxy) is 2. The lowest BCUT2D eigenvalue weighted by atomic mass is 10.2. The van der Waals surface area contributed by atoms with Crippen LogP contribution in [0.15, 0.2) is 36.4 Å². The first-order valence-electron chi connectivity index (χ1n) is 9.22. The van der Waals surface area contributed by atoms with Gasteiger partial charge in [0.05, 0.1) is 22.1 Å². The van der Waals surface area contributed by atoms with Gasteiger partial charge < -0.3 is 20.1 Å². The van der Waals surface area contributed by atoms with Crippen LogP contribution in [0.25, 0.3) is 0 Å². The van der Waals surface area contributed by atoms with Crippen molar-refractivity contribution in [1.29, 1.82) is 0 Å². The number of nitro benzene ring substituents is 1. The molecule has 0 bridgehead atoms. The third-order valence-electron chi connectivity index (χ3n) is 4.03. The number of carbonyl (C=O) groups is 3. The average molecular weight is 484 g/mol. The number of nitro groups is 1. The van der Waals surface area contributed by atoms with E-state index in [1.54, 1.807) is 12.1 Å². The van der Waals surface area contributed by atoms with Crippen molar-refractivity contribution in [2.45, 2.75) is 19.3 Å². The molecule has 0 aliphatic rings. The normalized spacial score (nSPS) is 10.2. The third-order valence-corrected chi connectivity index (χ3v) is 4.77. The molecule has 2 amide bonds. The molecule has 2 aromatic rings. The van der Waals surface area contributed by atoms with Gasteiger partial charge in [0, 0.05) is 30.7 Å². The van der Waals surface area contributed by atoms with Gasteiger partial charge in [-0.3, -0.25) is 24.5 Å². The monoisotopic (exact) mass is 483 g/mol. The van der Waals surface area contributed by atoms with Gasteiger partial charge in [0.2, 0.25) is 5.91 Å². The lowest BCUT2D eigenvalue weighted by Gasteiger charge is -2.09. The SMILES string of the molecule is COc1ccc([N+](=O)[O-])c(NC(=O)COC(=O)CCCC(=O)Nc2ccc(Cl)c(Cl)c2)c1. The smallest absolute Gasteiger partial charge is 0.306 e. The summed E-state index contributed by atoms with van der Waals surface area (Å²) in [6.07, 6.45) is 0.133. The number of nitrogens with zero attached hydrogens (tertiary/aromatic N) is 1. The summed E-state index contributed by atoms with van der Waals surface area (Å²) in [6.45, 7) is -0.636. The second-order valence-corrected chi connectivity index (χ2v) is 7.19. The van der Waals surface area contributed by atoms with Crippen molar-refractivity contribution < 1.29 is 28.8 Å². The molecule has 0 atom stereocenters. The fraction of sp³-hybridized carbons (Fsp3) is 0.250. The molecule has 2 rings (SSSR count). The molecule has 32 heavy (non-hydrogen) atoms. The Morgan fingerprint density at radius 1 is 1.00 bits per heavy atom. The van der Waals surface area contributed by atoms with Crippen molar-refractivity contribution in [2.24, 2.45) is 0 Å². The van der Waals surface area contributed by atoms with Gasteiger partial charge in [-0.1, -0.05) is 23.2 Å². The molecule has 0 saturated carbocycles. The predicted molar refractivity (Wildman–Crippen MR) is 118 cm³/mol. The van der Waals surface area contributed by atoms with Crippen LogP contribution >= 0.6 is 23.2 Å². The number of benzene rings is 2. The van der Waals surface area contributed by atoms with Crippen LogP contribution in [-0.2, 0) is 19.1 Å². The van der Waals surface area contributed by atoms with Gasteiger partial charge in [-0.2, -0.15) is 0 Å². The molecule has 0 aliphatic heterocycles. The summed E-state index contributed by atoms with van der Waals surface area (Å²) in [5.74, 6) is -1.48. The standard InChI is InChI=1S/C20H19Cl2N3O7/c1-31-13-6-8-17(25(29)30)16(10-13)24-19(27)11-32-20(28)4-2-3-18(26)23-12-5-7-14(21)15(22)9-12/h5-10H,2-4,11H2,1H3,(H,23,26)(H,24,27). The van der Waals surface area contributed by atoms with Crippen LogP contribution in [-0.4, -0.2) is 36.4 Å².